The second-order valence-corrected chi connectivity index (χ2v) is 8.96. The molecule has 0 fully saturated rings. The van der Waals surface area contributed by atoms with Gasteiger partial charge >= 0.3 is 0 Å². The number of carbonyl (C=O) groups is 1. The number of anilines is 1. The van der Waals surface area contributed by atoms with Crippen molar-refractivity contribution in [3.05, 3.63) is 29.8 Å². The van der Waals surface area contributed by atoms with E-state index in [9.17, 15) is 4.79 Å². The van der Waals surface area contributed by atoms with E-state index in [2.05, 4.69) is 52.0 Å². The van der Waals surface area contributed by atoms with Crippen LogP contribution in [0.5, 0.6) is 0 Å². The van der Waals surface area contributed by atoms with Crippen molar-refractivity contribution in [2.75, 3.05) is 17.8 Å². The Morgan fingerprint density at radius 2 is 1.69 bits per heavy atom. The van der Waals surface area contributed by atoms with Gasteiger partial charge in [0.25, 0.3) is 5.91 Å². The average molecular weight is 381 g/mol. The minimum atomic E-state index is -0.216. The molecule has 4 nitrogen and oxygen atoms in total. The number of hydrogen-bond donors (Lipinski definition) is 1. The first-order valence-corrected chi connectivity index (χ1v) is 9.73. The molecule has 0 radical (unpaired) electrons. The van der Waals surface area contributed by atoms with E-state index in [-0.39, 0.29) is 23.3 Å². The second-order valence-electron chi connectivity index (χ2n) is 8.58. The SMILES string of the molecule is CC(C)(C)/C(CCCCCl)=N/OCC(=O)Nc1ccc(C(C)(C)C)cc1. The minimum Gasteiger partial charge on any atom is -0.386 e. The van der Waals surface area contributed by atoms with Crippen LogP contribution >= 0.6 is 11.6 Å². The smallest absolute Gasteiger partial charge is 0.265 e. The lowest BCUT2D eigenvalue weighted by Crippen LogP contribution is -2.22. The van der Waals surface area contributed by atoms with Crippen LogP contribution in [0.1, 0.15) is 66.4 Å². The van der Waals surface area contributed by atoms with Gasteiger partial charge in [0.15, 0.2) is 6.61 Å². The first-order valence-electron chi connectivity index (χ1n) is 9.19. The van der Waals surface area contributed by atoms with Gasteiger partial charge in [0.05, 0.1) is 5.71 Å². The van der Waals surface area contributed by atoms with Gasteiger partial charge in [-0.1, -0.05) is 58.8 Å². The molecule has 0 unspecified atom stereocenters. The van der Waals surface area contributed by atoms with Crippen LogP contribution in [-0.4, -0.2) is 24.1 Å². The molecule has 0 bridgehead atoms. The normalized spacial score (nSPS) is 12.8. The number of oxime groups is 1. The number of carbonyl (C=O) groups excluding carboxylic acids is 1. The fourth-order valence-corrected chi connectivity index (χ4v) is 2.55. The fourth-order valence-electron chi connectivity index (χ4n) is 2.36. The van der Waals surface area contributed by atoms with Gasteiger partial charge in [-0.25, -0.2) is 0 Å². The summed E-state index contributed by atoms with van der Waals surface area (Å²) in [6.07, 6.45) is 2.74. The lowest BCUT2D eigenvalue weighted by atomic mass is 9.87. The van der Waals surface area contributed by atoms with Gasteiger partial charge in [-0.3, -0.25) is 4.79 Å². The molecule has 1 amide bonds. The van der Waals surface area contributed by atoms with Crippen LogP contribution in [0.3, 0.4) is 0 Å². The van der Waals surface area contributed by atoms with Crippen molar-refractivity contribution in [1.82, 2.24) is 0 Å². The molecule has 0 saturated heterocycles. The third-order valence-corrected chi connectivity index (χ3v) is 4.34. The summed E-state index contributed by atoms with van der Waals surface area (Å²) in [5, 5.41) is 7.04. The molecule has 0 aliphatic heterocycles. The maximum Gasteiger partial charge on any atom is 0.265 e. The average Bonchev–Trinajstić information content (AvgIpc) is 2.52. The molecule has 26 heavy (non-hydrogen) atoms. The van der Waals surface area contributed by atoms with Gasteiger partial charge in [-0.05, 0) is 42.4 Å². The highest BCUT2D eigenvalue weighted by Crippen LogP contribution is 2.23. The molecule has 0 aliphatic rings. The highest BCUT2D eigenvalue weighted by Gasteiger charge is 2.19. The number of nitrogens with one attached hydrogen (secondary N) is 1. The lowest BCUT2D eigenvalue weighted by molar-refractivity contribution is -0.120. The van der Waals surface area contributed by atoms with Crippen molar-refractivity contribution in [2.45, 2.75) is 66.2 Å². The largest absolute Gasteiger partial charge is 0.386 e. The van der Waals surface area contributed by atoms with E-state index in [1.54, 1.807) is 0 Å². The van der Waals surface area contributed by atoms with Crippen molar-refractivity contribution < 1.29 is 9.63 Å². The number of nitrogens with zero attached hydrogens (tertiary/aromatic N) is 1. The lowest BCUT2D eigenvalue weighted by Gasteiger charge is -2.20. The highest BCUT2D eigenvalue weighted by atomic mass is 35.5. The predicted molar refractivity (Wildman–Crippen MR) is 111 cm³/mol. The summed E-state index contributed by atoms with van der Waals surface area (Å²) < 4.78 is 0. The maximum absolute atomic E-state index is 12.1. The third kappa shape index (κ3) is 8.22. The predicted octanol–water partition coefficient (Wildman–Crippen LogP) is 5.75. The number of alkyl halides is 1. The van der Waals surface area contributed by atoms with E-state index < -0.39 is 0 Å². The molecule has 0 spiro atoms. The molecule has 146 valence electrons. The number of unbranched alkanes of at least 4 members (excludes halogenated alkanes) is 1. The molecular formula is C21H33ClN2O2. The molecule has 1 aromatic carbocycles. The molecule has 1 aromatic rings. The van der Waals surface area contributed by atoms with Crippen molar-refractivity contribution in [2.24, 2.45) is 10.6 Å². The first kappa shape index (κ1) is 22.5. The first-order chi connectivity index (χ1) is 12.0. The zero-order chi connectivity index (χ0) is 19.8. The summed E-state index contributed by atoms with van der Waals surface area (Å²) in [5.74, 6) is 0.431. The Balaban J connectivity index is 2.56. The van der Waals surface area contributed by atoms with Crippen molar-refractivity contribution in [1.29, 1.82) is 0 Å². The standard InChI is InChI=1S/C21H33ClN2O2/c1-20(2,3)16-10-12-17(13-11-16)23-19(25)15-26-24-18(21(4,5)6)9-7-8-14-22/h10-13H,7-9,14-15H2,1-6H3,(H,23,25)/b24-18+. The Kier molecular flexibility index (Phi) is 8.61. The van der Waals surface area contributed by atoms with Crippen LogP contribution < -0.4 is 5.32 Å². The molecule has 0 heterocycles. The van der Waals surface area contributed by atoms with E-state index >= 15 is 0 Å². The molecular weight excluding hydrogens is 348 g/mol. The fraction of sp³-hybridized carbons (Fsp3) is 0.619. The Hall–Kier alpha value is -1.55. The zero-order valence-corrected chi connectivity index (χ0v) is 17.7. The van der Waals surface area contributed by atoms with E-state index in [1.807, 2.05) is 24.3 Å². The third-order valence-electron chi connectivity index (χ3n) is 4.07. The molecule has 0 atom stereocenters. The second kappa shape index (κ2) is 9.96. The summed E-state index contributed by atoms with van der Waals surface area (Å²) >= 11 is 5.73. The highest BCUT2D eigenvalue weighted by molar-refractivity contribution is 6.17. The van der Waals surface area contributed by atoms with Crippen LogP contribution in [0, 0.1) is 5.41 Å². The van der Waals surface area contributed by atoms with E-state index in [0.717, 1.165) is 30.7 Å². The summed E-state index contributed by atoms with van der Waals surface area (Å²) in [5.41, 5.74) is 2.93. The molecule has 0 aromatic heterocycles. The van der Waals surface area contributed by atoms with Crippen LogP contribution in [-0.2, 0) is 15.0 Å². The number of rotatable bonds is 8. The van der Waals surface area contributed by atoms with Crippen molar-refractivity contribution >= 4 is 28.9 Å². The molecule has 1 N–H and O–H groups in total. The van der Waals surface area contributed by atoms with Gasteiger partial charge in [0.2, 0.25) is 0 Å². The van der Waals surface area contributed by atoms with E-state index in [0.29, 0.717) is 5.88 Å². The number of benzene rings is 1. The van der Waals surface area contributed by atoms with Crippen molar-refractivity contribution in [3.8, 4) is 0 Å². The Morgan fingerprint density at radius 1 is 1.08 bits per heavy atom. The van der Waals surface area contributed by atoms with Gasteiger partial charge in [-0.15, -0.1) is 11.6 Å². The summed E-state index contributed by atoms with van der Waals surface area (Å²) in [6.45, 7) is 12.6. The van der Waals surface area contributed by atoms with Crippen LogP contribution in [0.4, 0.5) is 5.69 Å². The summed E-state index contributed by atoms with van der Waals surface area (Å²) in [4.78, 5) is 17.4. The van der Waals surface area contributed by atoms with Crippen LogP contribution in [0.2, 0.25) is 0 Å². The monoisotopic (exact) mass is 380 g/mol. The van der Waals surface area contributed by atoms with E-state index in [4.69, 9.17) is 16.4 Å². The number of hydrogen-bond acceptors (Lipinski definition) is 3. The quantitative estimate of drug-likeness (QED) is 0.270. The Labute approximate surface area is 163 Å². The number of amides is 1. The van der Waals surface area contributed by atoms with Gasteiger partial charge in [-0.2, -0.15) is 0 Å². The summed E-state index contributed by atoms with van der Waals surface area (Å²) in [7, 11) is 0. The molecule has 5 heteroatoms. The molecule has 0 saturated carbocycles. The number of halogens is 1. The van der Waals surface area contributed by atoms with E-state index in [1.165, 1.54) is 5.56 Å². The van der Waals surface area contributed by atoms with Gasteiger partial charge < -0.3 is 10.2 Å². The Bertz CT molecular complexity index is 596. The van der Waals surface area contributed by atoms with Crippen LogP contribution in [0.25, 0.3) is 0 Å². The Morgan fingerprint density at radius 3 is 2.19 bits per heavy atom. The maximum atomic E-state index is 12.1. The zero-order valence-electron chi connectivity index (χ0n) is 17.0. The van der Waals surface area contributed by atoms with Gasteiger partial charge in [0.1, 0.15) is 0 Å². The molecule has 1 rings (SSSR count). The van der Waals surface area contributed by atoms with Crippen molar-refractivity contribution in [3.63, 3.8) is 0 Å². The van der Waals surface area contributed by atoms with Crippen LogP contribution in [0.15, 0.2) is 29.4 Å². The summed E-state index contributed by atoms with van der Waals surface area (Å²) in [6, 6.07) is 7.88. The molecule has 0 aliphatic carbocycles. The topological polar surface area (TPSA) is 50.7 Å². The van der Waals surface area contributed by atoms with Gasteiger partial charge in [0, 0.05) is 17.0 Å². The minimum absolute atomic E-state index is 0.0905.